The maximum absolute atomic E-state index is 12.3. The number of nitrogens with one attached hydrogen (secondary N) is 2. The van der Waals surface area contributed by atoms with Gasteiger partial charge in [0.2, 0.25) is 5.91 Å². The largest absolute Gasteiger partial charge is 0.325 e. The van der Waals surface area contributed by atoms with Crippen molar-refractivity contribution in [3.8, 4) is 6.07 Å². The SMILES string of the molecule is C[C@@H](N[C@H](C)c1cccc(Cl)c1)C(=O)Nc1cccc(C#N)c1. The van der Waals surface area contributed by atoms with Crippen molar-refractivity contribution in [3.05, 3.63) is 64.7 Å². The second-order valence-corrected chi connectivity index (χ2v) is 5.78. The van der Waals surface area contributed by atoms with Gasteiger partial charge in [0.1, 0.15) is 0 Å². The Morgan fingerprint density at radius 2 is 1.91 bits per heavy atom. The first-order valence-corrected chi connectivity index (χ1v) is 7.70. The third-order valence-corrected chi connectivity index (χ3v) is 3.74. The molecule has 23 heavy (non-hydrogen) atoms. The van der Waals surface area contributed by atoms with Crippen LogP contribution in [0.25, 0.3) is 0 Å². The average molecular weight is 328 g/mol. The minimum atomic E-state index is -0.394. The van der Waals surface area contributed by atoms with Crippen molar-refractivity contribution in [2.75, 3.05) is 5.32 Å². The molecule has 2 rings (SSSR count). The van der Waals surface area contributed by atoms with Crippen LogP contribution in [0, 0.1) is 11.3 Å². The molecule has 2 atom stereocenters. The summed E-state index contributed by atoms with van der Waals surface area (Å²) in [5.74, 6) is -0.158. The summed E-state index contributed by atoms with van der Waals surface area (Å²) in [7, 11) is 0. The molecule has 2 aromatic carbocycles. The molecule has 0 aliphatic heterocycles. The number of carbonyl (C=O) groups is 1. The van der Waals surface area contributed by atoms with Crippen LogP contribution in [0.4, 0.5) is 5.69 Å². The van der Waals surface area contributed by atoms with E-state index in [1.807, 2.05) is 37.3 Å². The summed E-state index contributed by atoms with van der Waals surface area (Å²) in [5, 5.41) is 15.6. The van der Waals surface area contributed by atoms with Crippen molar-refractivity contribution >= 4 is 23.2 Å². The number of rotatable bonds is 5. The van der Waals surface area contributed by atoms with Gasteiger partial charge in [-0.3, -0.25) is 10.1 Å². The van der Waals surface area contributed by atoms with E-state index in [9.17, 15) is 4.79 Å². The molecule has 0 aliphatic carbocycles. The quantitative estimate of drug-likeness (QED) is 0.875. The zero-order chi connectivity index (χ0) is 16.8. The molecule has 0 bridgehead atoms. The minimum Gasteiger partial charge on any atom is -0.325 e. The van der Waals surface area contributed by atoms with E-state index in [0.717, 1.165) is 5.56 Å². The van der Waals surface area contributed by atoms with Crippen molar-refractivity contribution in [1.29, 1.82) is 5.26 Å². The highest BCUT2D eigenvalue weighted by Crippen LogP contribution is 2.18. The van der Waals surface area contributed by atoms with Gasteiger partial charge in [0, 0.05) is 16.8 Å². The first kappa shape index (κ1) is 17.0. The lowest BCUT2D eigenvalue weighted by Gasteiger charge is -2.20. The zero-order valence-electron chi connectivity index (χ0n) is 13.0. The smallest absolute Gasteiger partial charge is 0.241 e. The van der Waals surface area contributed by atoms with E-state index in [1.54, 1.807) is 31.2 Å². The molecule has 2 aromatic rings. The number of benzene rings is 2. The fourth-order valence-electron chi connectivity index (χ4n) is 2.24. The Morgan fingerprint density at radius 1 is 1.17 bits per heavy atom. The molecule has 5 heteroatoms. The molecule has 0 saturated carbocycles. The minimum absolute atomic E-state index is 0.0140. The second kappa shape index (κ2) is 7.77. The number of hydrogen-bond donors (Lipinski definition) is 2. The maximum atomic E-state index is 12.3. The second-order valence-electron chi connectivity index (χ2n) is 5.35. The topological polar surface area (TPSA) is 64.9 Å². The Bertz CT molecular complexity index is 739. The van der Waals surface area contributed by atoms with Crippen LogP contribution in [0.3, 0.4) is 0 Å². The molecule has 0 radical (unpaired) electrons. The Balaban J connectivity index is 1.98. The summed E-state index contributed by atoms with van der Waals surface area (Å²) in [5.41, 5.74) is 2.14. The Labute approximate surface area is 141 Å². The van der Waals surface area contributed by atoms with Crippen molar-refractivity contribution in [2.45, 2.75) is 25.9 Å². The summed E-state index contributed by atoms with van der Waals surface area (Å²) in [6.07, 6.45) is 0. The molecule has 0 aromatic heterocycles. The first-order valence-electron chi connectivity index (χ1n) is 7.32. The van der Waals surface area contributed by atoms with Crippen LogP contribution in [0.5, 0.6) is 0 Å². The predicted octanol–water partition coefficient (Wildman–Crippen LogP) is 3.89. The van der Waals surface area contributed by atoms with E-state index in [-0.39, 0.29) is 11.9 Å². The summed E-state index contributed by atoms with van der Waals surface area (Å²) in [4.78, 5) is 12.3. The highest BCUT2D eigenvalue weighted by atomic mass is 35.5. The molecule has 0 fully saturated rings. The fraction of sp³-hybridized carbons (Fsp3) is 0.222. The van der Waals surface area contributed by atoms with E-state index < -0.39 is 6.04 Å². The van der Waals surface area contributed by atoms with E-state index in [2.05, 4.69) is 10.6 Å². The van der Waals surface area contributed by atoms with Crippen LogP contribution in [-0.2, 0) is 4.79 Å². The molecule has 0 aliphatic rings. The summed E-state index contributed by atoms with van der Waals surface area (Å²) in [6.45, 7) is 3.77. The molecule has 0 unspecified atom stereocenters. The number of hydrogen-bond acceptors (Lipinski definition) is 3. The lowest BCUT2D eigenvalue weighted by molar-refractivity contribution is -0.117. The van der Waals surface area contributed by atoms with E-state index >= 15 is 0 Å². The third kappa shape index (κ3) is 4.82. The summed E-state index contributed by atoms with van der Waals surface area (Å²) in [6, 6.07) is 16.0. The van der Waals surface area contributed by atoms with Gasteiger partial charge < -0.3 is 5.32 Å². The highest BCUT2D eigenvalue weighted by Gasteiger charge is 2.16. The normalized spacial score (nSPS) is 13.0. The number of anilines is 1. The third-order valence-electron chi connectivity index (χ3n) is 3.50. The molecular formula is C18H18ClN3O. The van der Waals surface area contributed by atoms with Crippen LogP contribution in [0.15, 0.2) is 48.5 Å². The molecule has 118 valence electrons. The first-order chi connectivity index (χ1) is 11.0. The van der Waals surface area contributed by atoms with Gasteiger partial charge in [-0.15, -0.1) is 0 Å². The highest BCUT2D eigenvalue weighted by molar-refractivity contribution is 6.30. The van der Waals surface area contributed by atoms with Crippen LogP contribution in [0.1, 0.15) is 31.0 Å². The molecule has 0 heterocycles. The number of amides is 1. The average Bonchev–Trinajstić information content (AvgIpc) is 2.54. The van der Waals surface area contributed by atoms with Crippen LogP contribution in [-0.4, -0.2) is 11.9 Å². The number of nitrogens with zero attached hydrogens (tertiary/aromatic N) is 1. The fourth-order valence-corrected chi connectivity index (χ4v) is 2.44. The lowest BCUT2D eigenvalue weighted by Crippen LogP contribution is -2.39. The van der Waals surface area contributed by atoms with Gasteiger partial charge in [-0.1, -0.05) is 29.8 Å². The Kier molecular flexibility index (Phi) is 5.75. The van der Waals surface area contributed by atoms with E-state index in [4.69, 9.17) is 16.9 Å². The number of carbonyl (C=O) groups excluding carboxylic acids is 1. The van der Waals surface area contributed by atoms with Gasteiger partial charge in [0.05, 0.1) is 17.7 Å². The maximum Gasteiger partial charge on any atom is 0.241 e. The van der Waals surface area contributed by atoms with Crippen molar-refractivity contribution in [2.24, 2.45) is 0 Å². The van der Waals surface area contributed by atoms with Crippen LogP contribution < -0.4 is 10.6 Å². The Hall–Kier alpha value is -2.35. The lowest BCUT2D eigenvalue weighted by atomic mass is 10.1. The molecule has 2 N–H and O–H groups in total. The predicted molar refractivity (Wildman–Crippen MR) is 92.3 cm³/mol. The van der Waals surface area contributed by atoms with Crippen molar-refractivity contribution < 1.29 is 4.79 Å². The van der Waals surface area contributed by atoms with Gasteiger partial charge >= 0.3 is 0 Å². The van der Waals surface area contributed by atoms with Gasteiger partial charge in [0.15, 0.2) is 0 Å². The molecule has 4 nitrogen and oxygen atoms in total. The van der Waals surface area contributed by atoms with Crippen LogP contribution in [0.2, 0.25) is 5.02 Å². The van der Waals surface area contributed by atoms with E-state index in [0.29, 0.717) is 16.3 Å². The Morgan fingerprint density at radius 3 is 2.61 bits per heavy atom. The molecule has 0 saturated heterocycles. The number of nitriles is 1. The number of halogens is 1. The monoisotopic (exact) mass is 327 g/mol. The van der Waals surface area contributed by atoms with Crippen molar-refractivity contribution in [1.82, 2.24) is 5.32 Å². The van der Waals surface area contributed by atoms with Gasteiger partial charge in [0.25, 0.3) is 0 Å². The van der Waals surface area contributed by atoms with E-state index in [1.165, 1.54) is 0 Å². The molecular weight excluding hydrogens is 310 g/mol. The summed E-state index contributed by atoms with van der Waals surface area (Å²) < 4.78 is 0. The van der Waals surface area contributed by atoms with Gasteiger partial charge in [-0.25, -0.2) is 0 Å². The summed E-state index contributed by atoms with van der Waals surface area (Å²) >= 11 is 5.99. The van der Waals surface area contributed by atoms with Gasteiger partial charge in [-0.2, -0.15) is 5.26 Å². The standard InChI is InChI=1S/C18H18ClN3O/c1-12(15-6-4-7-16(19)10-15)21-13(2)18(23)22-17-8-3-5-14(9-17)11-20/h3-10,12-13,21H,1-2H3,(H,22,23)/t12-,13-/m1/s1. The molecule has 0 spiro atoms. The zero-order valence-corrected chi connectivity index (χ0v) is 13.8. The molecule has 1 amide bonds. The van der Waals surface area contributed by atoms with Crippen molar-refractivity contribution in [3.63, 3.8) is 0 Å². The van der Waals surface area contributed by atoms with Gasteiger partial charge in [-0.05, 0) is 49.7 Å². The van der Waals surface area contributed by atoms with Crippen LogP contribution >= 0.6 is 11.6 Å².